The molecule has 0 aliphatic heterocycles. The van der Waals surface area contributed by atoms with E-state index in [4.69, 9.17) is 0 Å². The molecule has 3 rings (SSSR count). The normalized spacial score (nSPS) is 13.3. The summed E-state index contributed by atoms with van der Waals surface area (Å²) in [6.45, 7) is 5.58. The molecular weight excluding hydrogens is 376 g/mol. The van der Waals surface area contributed by atoms with Crippen LogP contribution >= 0.6 is 23.1 Å². The average Bonchev–Trinajstić information content (AvgIpc) is 3.11. The van der Waals surface area contributed by atoms with Crippen LogP contribution in [0.4, 0.5) is 0 Å². The summed E-state index contributed by atoms with van der Waals surface area (Å²) in [6.07, 6.45) is 1.53. The van der Waals surface area contributed by atoms with Crippen molar-refractivity contribution in [1.29, 1.82) is 5.26 Å². The Balaban J connectivity index is 1.83. The van der Waals surface area contributed by atoms with Crippen LogP contribution in [0, 0.1) is 17.2 Å². The van der Waals surface area contributed by atoms with E-state index in [0.717, 1.165) is 26.4 Å². The van der Waals surface area contributed by atoms with Crippen molar-refractivity contribution in [3.05, 3.63) is 42.0 Å². The molecule has 0 bridgehead atoms. The van der Waals surface area contributed by atoms with Crippen LogP contribution in [0.2, 0.25) is 0 Å². The molecule has 0 fully saturated rings. The first-order valence-electron chi connectivity index (χ1n) is 8.57. The summed E-state index contributed by atoms with van der Waals surface area (Å²) in [5.74, 6) is 0.0324. The zero-order valence-electron chi connectivity index (χ0n) is 15.4. The highest BCUT2D eigenvalue weighted by Gasteiger charge is 2.30. The quantitative estimate of drug-likeness (QED) is 0.490. The Kier molecular flexibility index (Phi) is 5.78. The Labute approximate surface area is 166 Å². The lowest BCUT2D eigenvalue weighted by Crippen LogP contribution is -2.49. The zero-order chi connectivity index (χ0) is 19.4. The van der Waals surface area contributed by atoms with Crippen molar-refractivity contribution < 1.29 is 4.79 Å². The summed E-state index contributed by atoms with van der Waals surface area (Å²) < 4.78 is 0. The fourth-order valence-corrected chi connectivity index (χ4v) is 4.34. The Hall–Kier alpha value is -2.43. The van der Waals surface area contributed by atoms with Crippen LogP contribution in [-0.2, 0) is 4.79 Å². The lowest BCUT2D eigenvalue weighted by Gasteiger charge is -2.27. The summed E-state index contributed by atoms with van der Waals surface area (Å²) in [5.41, 5.74) is 1.29. The summed E-state index contributed by atoms with van der Waals surface area (Å²) >= 11 is 2.94. The second-order valence-electron chi connectivity index (χ2n) is 6.68. The maximum atomic E-state index is 12.4. The second-order valence-corrected chi connectivity index (χ2v) is 8.50. The van der Waals surface area contributed by atoms with E-state index >= 15 is 0 Å². The lowest BCUT2D eigenvalue weighted by molar-refractivity contribution is -0.120. The molecule has 2 heterocycles. The minimum absolute atomic E-state index is 0.0174. The van der Waals surface area contributed by atoms with Gasteiger partial charge in [0.05, 0.1) is 17.2 Å². The minimum Gasteiger partial charge on any atom is -0.337 e. The molecule has 0 spiro atoms. The van der Waals surface area contributed by atoms with Crippen LogP contribution in [0.15, 0.2) is 47.1 Å². The third-order valence-corrected chi connectivity index (χ3v) is 6.42. The van der Waals surface area contributed by atoms with E-state index in [1.807, 2.05) is 32.0 Å². The average molecular weight is 397 g/mol. The van der Waals surface area contributed by atoms with Crippen LogP contribution in [0.5, 0.6) is 0 Å². The van der Waals surface area contributed by atoms with Crippen LogP contribution in [-0.4, -0.2) is 27.2 Å². The predicted molar refractivity (Wildman–Crippen MR) is 111 cm³/mol. The van der Waals surface area contributed by atoms with E-state index in [0.29, 0.717) is 0 Å². The van der Waals surface area contributed by atoms with Crippen molar-refractivity contribution in [1.82, 2.24) is 15.3 Å². The van der Waals surface area contributed by atoms with Gasteiger partial charge in [0.15, 0.2) is 0 Å². The van der Waals surface area contributed by atoms with Crippen molar-refractivity contribution in [2.45, 2.75) is 31.3 Å². The van der Waals surface area contributed by atoms with Gasteiger partial charge in [-0.25, -0.2) is 9.97 Å². The molecule has 0 aliphatic carbocycles. The third-order valence-electron chi connectivity index (χ3n) is 4.55. The number of carbonyl (C=O) groups is 1. The lowest BCUT2D eigenvalue weighted by atomic mass is 9.90. The maximum absolute atomic E-state index is 12.4. The highest BCUT2D eigenvalue weighted by atomic mass is 32.2. The number of benzene rings is 1. The zero-order valence-corrected chi connectivity index (χ0v) is 17.0. The van der Waals surface area contributed by atoms with E-state index in [2.05, 4.69) is 38.9 Å². The first kappa shape index (κ1) is 19.3. The molecule has 1 amide bonds. The number of amides is 1. The van der Waals surface area contributed by atoms with Gasteiger partial charge in [-0.2, -0.15) is 5.26 Å². The Bertz CT molecular complexity index is 994. The molecule has 2 aromatic heterocycles. The topological polar surface area (TPSA) is 78.7 Å². The number of rotatable bonds is 6. The van der Waals surface area contributed by atoms with Crippen LogP contribution in [0.25, 0.3) is 21.3 Å². The number of nitrogens with zero attached hydrogens (tertiary/aromatic N) is 3. The second kappa shape index (κ2) is 8.07. The molecule has 27 heavy (non-hydrogen) atoms. The number of thioether (sulfide) groups is 1. The summed E-state index contributed by atoms with van der Waals surface area (Å²) in [7, 11) is 0. The first-order chi connectivity index (χ1) is 12.9. The van der Waals surface area contributed by atoms with E-state index in [1.54, 1.807) is 18.3 Å². The van der Waals surface area contributed by atoms with Gasteiger partial charge in [-0.3, -0.25) is 4.79 Å². The standard InChI is InChI=1S/C20H20N4OS2/c1-13(2)20(3,11-21)24-16(25)10-27-19-17-15(14-7-5-4-6-8-14)9-26-18(17)22-12-23-19/h4-9,12-13H,10H2,1-3H3,(H,24,25). The number of nitriles is 1. The van der Waals surface area contributed by atoms with Gasteiger partial charge < -0.3 is 5.32 Å². The van der Waals surface area contributed by atoms with Crippen molar-refractivity contribution >= 4 is 39.2 Å². The molecule has 0 radical (unpaired) electrons. The minimum atomic E-state index is -0.879. The van der Waals surface area contributed by atoms with Crippen molar-refractivity contribution in [2.75, 3.05) is 5.75 Å². The van der Waals surface area contributed by atoms with Crippen LogP contribution in [0.1, 0.15) is 20.8 Å². The maximum Gasteiger partial charge on any atom is 0.231 e. The molecule has 1 aromatic carbocycles. The number of hydrogen-bond acceptors (Lipinski definition) is 6. The smallest absolute Gasteiger partial charge is 0.231 e. The number of fused-ring (bicyclic) bond motifs is 1. The van der Waals surface area contributed by atoms with E-state index in [-0.39, 0.29) is 17.6 Å². The molecule has 7 heteroatoms. The number of hydrogen-bond donors (Lipinski definition) is 1. The van der Waals surface area contributed by atoms with Gasteiger partial charge >= 0.3 is 0 Å². The van der Waals surface area contributed by atoms with Crippen molar-refractivity contribution in [3.63, 3.8) is 0 Å². The van der Waals surface area contributed by atoms with Gasteiger partial charge in [0.2, 0.25) is 5.91 Å². The van der Waals surface area contributed by atoms with Gasteiger partial charge in [0, 0.05) is 10.9 Å². The molecular formula is C20H20N4OS2. The number of carbonyl (C=O) groups excluding carboxylic acids is 1. The predicted octanol–water partition coefficient (Wildman–Crippen LogP) is 4.50. The highest BCUT2D eigenvalue weighted by Crippen LogP contribution is 2.37. The molecule has 0 saturated heterocycles. The van der Waals surface area contributed by atoms with Gasteiger partial charge in [0.25, 0.3) is 0 Å². The van der Waals surface area contributed by atoms with E-state index in [9.17, 15) is 10.1 Å². The summed E-state index contributed by atoms with van der Waals surface area (Å²) in [5, 5.41) is 16.0. The molecule has 1 unspecified atom stereocenters. The summed E-state index contributed by atoms with van der Waals surface area (Å²) in [6, 6.07) is 12.3. The fourth-order valence-electron chi connectivity index (χ4n) is 2.55. The largest absolute Gasteiger partial charge is 0.337 e. The number of nitrogens with one attached hydrogen (secondary N) is 1. The monoisotopic (exact) mass is 396 g/mol. The van der Waals surface area contributed by atoms with Gasteiger partial charge in [0.1, 0.15) is 21.7 Å². The molecule has 1 atom stereocenters. The molecule has 3 aromatic rings. The van der Waals surface area contributed by atoms with Crippen LogP contribution in [0.3, 0.4) is 0 Å². The van der Waals surface area contributed by atoms with Crippen LogP contribution < -0.4 is 5.32 Å². The Morgan fingerprint density at radius 3 is 2.74 bits per heavy atom. The first-order valence-corrected chi connectivity index (χ1v) is 10.4. The van der Waals surface area contributed by atoms with Gasteiger partial charge in [-0.1, -0.05) is 55.9 Å². The van der Waals surface area contributed by atoms with Crippen molar-refractivity contribution in [3.8, 4) is 17.2 Å². The van der Waals surface area contributed by atoms with Crippen molar-refractivity contribution in [2.24, 2.45) is 5.92 Å². The molecule has 138 valence electrons. The molecule has 5 nitrogen and oxygen atoms in total. The Morgan fingerprint density at radius 1 is 1.33 bits per heavy atom. The highest BCUT2D eigenvalue weighted by molar-refractivity contribution is 8.00. The Morgan fingerprint density at radius 2 is 2.07 bits per heavy atom. The van der Waals surface area contributed by atoms with Gasteiger partial charge in [-0.05, 0) is 18.4 Å². The molecule has 0 saturated carbocycles. The molecule has 1 N–H and O–H groups in total. The van der Waals surface area contributed by atoms with E-state index in [1.165, 1.54) is 18.1 Å². The van der Waals surface area contributed by atoms with E-state index < -0.39 is 5.54 Å². The van der Waals surface area contributed by atoms with Gasteiger partial charge in [-0.15, -0.1) is 11.3 Å². The summed E-state index contributed by atoms with van der Waals surface area (Å²) in [4.78, 5) is 22.1. The fraction of sp³-hybridized carbons (Fsp3) is 0.300. The third kappa shape index (κ3) is 4.12. The SMILES string of the molecule is CC(C)C(C)(C#N)NC(=O)CSc1ncnc2scc(-c3ccccc3)c12. The number of thiophene rings is 1. The molecule has 0 aliphatic rings. The number of aromatic nitrogens is 2.